The van der Waals surface area contributed by atoms with Gasteiger partial charge in [0.1, 0.15) is 11.3 Å². The maximum Gasteiger partial charge on any atom is 0.251 e. The number of nitrogen functional groups attached to an aromatic ring is 1. The van der Waals surface area contributed by atoms with E-state index in [-0.39, 0.29) is 30.6 Å². The highest BCUT2D eigenvalue weighted by atomic mass is 16.6. The molecule has 0 aliphatic carbocycles. The fraction of sp³-hybridized carbons (Fsp3) is 0.385. The van der Waals surface area contributed by atoms with Gasteiger partial charge in [0.2, 0.25) is 11.8 Å². The molecule has 1 saturated heterocycles. The SMILES string of the molecule is COCCn1c(-c2nonc2N)nc2cnc(Oc3cccc(C(=O)NCCC(=O)N4CCN(C)CC4)c3)cc21. The fourth-order valence-electron chi connectivity index (χ4n) is 4.43. The van der Waals surface area contributed by atoms with Crippen molar-refractivity contribution >= 4 is 28.7 Å². The van der Waals surface area contributed by atoms with Crippen LogP contribution in [0.3, 0.4) is 0 Å². The van der Waals surface area contributed by atoms with Crippen LogP contribution >= 0.6 is 0 Å². The number of nitrogens with zero attached hydrogens (tertiary/aromatic N) is 7. The Kier molecular flexibility index (Phi) is 8.17. The quantitative estimate of drug-likeness (QED) is 0.293. The molecule has 3 aromatic heterocycles. The van der Waals surface area contributed by atoms with Gasteiger partial charge in [-0.1, -0.05) is 6.07 Å². The Morgan fingerprint density at radius 3 is 2.73 bits per heavy atom. The lowest BCUT2D eigenvalue weighted by atomic mass is 10.2. The number of imidazole rings is 1. The summed E-state index contributed by atoms with van der Waals surface area (Å²) in [5.41, 5.74) is 7.95. The van der Waals surface area contributed by atoms with Crippen molar-refractivity contribution in [3.05, 3.63) is 42.1 Å². The van der Waals surface area contributed by atoms with Crippen molar-refractivity contribution < 1.29 is 23.7 Å². The summed E-state index contributed by atoms with van der Waals surface area (Å²) in [6, 6.07) is 8.50. The summed E-state index contributed by atoms with van der Waals surface area (Å²) in [5, 5.41) is 10.3. The lowest BCUT2D eigenvalue weighted by Crippen LogP contribution is -2.47. The van der Waals surface area contributed by atoms with Crippen molar-refractivity contribution in [1.29, 1.82) is 0 Å². The Hall–Kier alpha value is -4.56. The van der Waals surface area contributed by atoms with E-state index in [0.717, 1.165) is 18.6 Å². The van der Waals surface area contributed by atoms with E-state index in [9.17, 15) is 9.59 Å². The van der Waals surface area contributed by atoms with Gasteiger partial charge < -0.3 is 34.9 Å². The highest BCUT2D eigenvalue weighted by molar-refractivity contribution is 5.94. The van der Waals surface area contributed by atoms with Gasteiger partial charge in [-0.05, 0) is 35.6 Å². The van der Waals surface area contributed by atoms with E-state index in [1.54, 1.807) is 43.6 Å². The summed E-state index contributed by atoms with van der Waals surface area (Å²) in [7, 11) is 3.65. The van der Waals surface area contributed by atoms with Gasteiger partial charge in [0.15, 0.2) is 17.3 Å². The van der Waals surface area contributed by atoms with E-state index in [2.05, 4.69) is 30.5 Å². The van der Waals surface area contributed by atoms with Crippen LogP contribution in [0.15, 0.2) is 41.2 Å². The van der Waals surface area contributed by atoms with Crippen LogP contribution in [-0.2, 0) is 16.1 Å². The van der Waals surface area contributed by atoms with E-state index in [1.807, 2.05) is 16.5 Å². The molecule has 40 heavy (non-hydrogen) atoms. The molecule has 2 amide bonds. The first-order valence-electron chi connectivity index (χ1n) is 12.9. The highest BCUT2D eigenvalue weighted by Gasteiger charge is 2.21. The summed E-state index contributed by atoms with van der Waals surface area (Å²) in [4.78, 5) is 38.2. The molecule has 0 radical (unpaired) electrons. The number of amides is 2. The second-order valence-corrected chi connectivity index (χ2v) is 9.41. The standard InChI is InChI=1S/C26H31N9O5/c1-33-8-10-34(11-9-33)22(36)6-7-28-26(37)17-4-3-5-18(14-17)39-21-15-20-19(16-29-21)30-25(35(20)12-13-38-2)23-24(27)32-40-31-23/h3-5,14-16H,6-13H2,1-2H3,(H2,27,32)(H,28,37). The number of benzene rings is 1. The van der Waals surface area contributed by atoms with Crippen LogP contribution in [0.4, 0.5) is 5.82 Å². The summed E-state index contributed by atoms with van der Waals surface area (Å²) in [5.74, 6) is 1.08. The molecule has 1 fully saturated rings. The second kappa shape index (κ2) is 12.1. The van der Waals surface area contributed by atoms with Crippen LogP contribution < -0.4 is 15.8 Å². The third kappa shape index (κ3) is 6.02. The number of anilines is 1. The topological polar surface area (TPSA) is 167 Å². The maximum absolute atomic E-state index is 12.7. The first-order valence-corrected chi connectivity index (χ1v) is 12.9. The van der Waals surface area contributed by atoms with Gasteiger partial charge in [-0.25, -0.2) is 14.6 Å². The Labute approximate surface area is 230 Å². The molecule has 0 atom stereocenters. The van der Waals surface area contributed by atoms with Crippen LogP contribution in [0.1, 0.15) is 16.8 Å². The zero-order valence-corrected chi connectivity index (χ0v) is 22.4. The Morgan fingerprint density at radius 2 is 1.98 bits per heavy atom. The minimum absolute atomic E-state index is 0.0438. The van der Waals surface area contributed by atoms with Gasteiger partial charge >= 0.3 is 0 Å². The molecule has 1 aliphatic heterocycles. The van der Waals surface area contributed by atoms with Crippen LogP contribution in [0.2, 0.25) is 0 Å². The molecule has 3 N–H and O–H groups in total. The predicted octanol–water partition coefficient (Wildman–Crippen LogP) is 1.40. The number of hydrogen-bond acceptors (Lipinski definition) is 11. The fourth-order valence-corrected chi connectivity index (χ4v) is 4.43. The summed E-state index contributed by atoms with van der Waals surface area (Å²) in [6.07, 6.45) is 1.83. The molecule has 4 aromatic rings. The number of methoxy groups -OCH3 is 1. The number of carbonyl (C=O) groups excluding carboxylic acids is 2. The van der Waals surface area contributed by atoms with Crippen molar-refractivity contribution in [2.45, 2.75) is 13.0 Å². The normalized spacial score (nSPS) is 14.0. The molecule has 0 bridgehead atoms. The Balaban J connectivity index is 1.26. The molecule has 0 saturated carbocycles. The zero-order chi connectivity index (χ0) is 28.1. The lowest BCUT2D eigenvalue weighted by Gasteiger charge is -2.32. The van der Waals surface area contributed by atoms with Crippen molar-refractivity contribution in [3.63, 3.8) is 0 Å². The summed E-state index contributed by atoms with van der Waals surface area (Å²) >= 11 is 0. The van der Waals surface area contributed by atoms with E-state index in [0.29, 0.717) is 60.5 Å². The van der Waals surface area contributed by atoms with Crippen LogP contribution in [0.5, 0.6) is 11.6 Å². The number of rotatable bonds is 10. The van der Waals surface area contributed by atoms with Crippen LogP contribution in [0.25, 0.3) is 22.6 Å². The number of aromatic nitrogens is 5. The number of piperazine rings is 1. The smallest absolute Gasteiger partial charge is 0.251 e. The van der Waals surface area contributed by atoms with Crippen molar-refractivity contribution in [2.24, 2.45) is 0 Å². The van der Waals surface area contributed by atoms with Gasteiger partial charge in [-0.2, -0.15) is 0 Å². The minimum atomic E-state index is -0.291. The second-order valence-electron chi connectivity index (χ2n) is 9.41. The van der Waals surface area contributed by atoms with Gasteiger partial charge in [-0.15, -0.1) is 0 Å². The van der Waals surface area contributed by atoms with Gasteiger partial charge in [0, 0.05) is 64.4 Å². The average Bonchev–Trinajstić information content (AvgIpc) is 3.54. The predicted molar refractivity (Wildman–Crippen MR) is 145 cm³/mol. The molecule has 210 valence electrons. The molecule has 14 heteroatoms. The van der Waals surface area contributed by atoms with E-state index >= 15 is 0 Å². The molecule has 0 spiro atoms. The highest BCUT2D eigenvalue weighted by Crippen LogP contribution is 2.29. The molecule has 1 aliphatic rings. The van der Waals surface area contributed by atoms with Gasteiger partial charge in [0.25, 0.3) is 5.91 Å². The number of pyridine rings is 1. The van der Waals surface area contributed by atoms with Crippen LogP contribution in [0, 0.1) is 0 Å². The first kappa shape index (κ1) is 27.0. The number of likely N-dealkylation sites (N-methyl/N-ethyl adjacent to an activating group) is 1. The number of fused-ring (bicyclic) bond motifs is 1. The van der Waals surface area contributed by atoms with E-state index < -0.39 is 0 Å². The summed E-state index contributed by atoms with van der Waals surface area (Å²) < 4.78 is 17.9. The van der Waals surface area contributed by atoms with Crippen molar-refractivity contribution in [1.82, 2.24) is 40.0 Å². The third-order valence-electron chi connectivity index (χ3n) is 6.65. The Bertz CT molecular complexity index is 1490. The van der Waals surface area contributed by atoms with Gasteiger partial charge in [0.05, 0.1) is 18.3 Å². The molecule has 1 aromatic carbocycles. The molecule has 4 heterocycles. The maximum atomic E-state index is 12.7. The molecule has 0 unspecified atom stereocenters. The molecular formula is C26H31N9O5. The van der Waals surface area contributed by atoms with Gasteiger partial charge in [-0.3, -0.25) is 9.59 Å². The minimum Gasteiger partial charge on any atom is -0.439 e. The van der Waals surface area contributed by atoms with E-state index in [1.165, 1.54) is 0 Å². The average molecular weight is 550 g/mol. The number of hydrogen-bond donors (Lipinski definition) is 2. The number of ether oxygens (including phenoxy) is 2. The lowest BCUT2D eigenvalue weighted by molar-refractivity contribution is -0.132. The van der Waals surface area contributed by atoms with Crippen molar-refractivity contribution in [2.75, 3.05) is 59.2 Å². The van der Waals surface area contributed by atoms with Crippen molar-refractivity contribution in [3.8, 4) is 23.1 Å². The Morgan fingerprint density at radius 1 is 1.15 bits per heavy atom. The van der Waals surface area contributed by atoms with E-state index in [4.69, 9.17) is 19.8 Å². The molecule has 5 rings (SSSR count). The first-order chi connectivity index (χ1) is 19.4. The van der Waals surface area contributed by atoms with Crippen LogP contribution in [-0.4, -0.2) is 100.0 Å². The number of nitrogens with one attached hydrogen (secondary N) is 1. The third-order valence-corrected chi connectivity index (χ3v) is 6.65. The zero-order valence-electron chi connectivity index (χ0n) is 22.4. The number of nitrogens with two attached hydrogens (primary N) is 1. The monoisotopic (exact) mass is 549 g/mol. The molecule has 14 nitrogen and oxygen atoms in total. The summed E-state index contributed by atoms with van der Waals surface area (Å²) in [6.45, 7) is 4.27. The largest absolute Gasteiger partial charge is 0.439 e. The molecular weight excluding hydrogens is 518 g/mol. The number of carbonyl (C=O) groups is 2.